The smallest absolute Gasteiger partial charge is 0.0451 e. The Morgan fingerprint density at radius 2 is 1.82 bits per heavy atom. The molecule has 2 nitrogen and oxygen atoms in total. The van der Waals surface area contributed by atoms with Gasteiger partial charge in [0.05, 0.1) is 0 Å². The van der Waals surface area contributed by atoms with Gasteiger partial charge in [0.15, 0.2) is 0 Å². The van der Waals surface area contributed by atoms with Gasteiger partial charge in [-0.3, -0.25) is 9.88 Å². The van der Waals surface area contributed by atoms with Gasteiger partial charge < -0.3 is 0 Å². The van der Waals surface area contributed by atoms with Crippen LogP contribution in [0.5, 0.6) is 0 Å². The number of aromatic nitrogens is 1. The van der Waals surface area contributed by atoms with E-state index in [2.05, 4.69) is 47.3 Å². The minimum Gasteiger partial charge on any atom is -0.298 e. The summed E-state index contributed by atoms with van der Waals surface area (Å²) in [5.74, 6) is 0. The molecule has 1 aliphatic heterocycles. The normalized spacial score (nSPS) is 19.8. The Bertz CT molecular complexity index is 643. The second-order valence-corrected chi connectivity index (χ2v) is 6.73. The van der Waals surface area contributed by atoms with Gasteiger partial charge in [-0.1, -0.05) is 44.5 Å². The van der Waals surface area contributed by atoms with Crippen LogP contribution in [0.15, 0.2) is 30.5 Å². The van der Waals surface area contributed by atoms with Crippen molar-refractivity contribution in [1.29, 1.82) is 0 Å². The van der Waals surface area contributed by atoms with Crippen molar-refractivity contribution in [2.24, 2.45) is 5.41 Å². The van der Waals surface area contributed by atoms with Crippen LogP contribution in [0, 0.1) is 12.3 Å². The van der Waals surface area contributed by atoms with Gasteiger partial charge in [-0.25, -0.2) is 0 Å². The molecule has 2 aromatic rings. The Balaban J connectivity index is 0.000000693. The van der Waals surface area contributed by atoms with E-state index >= 15 is 0 Å². The maximum atomic E-state index is 4.59. The molecule has 1 saturated heterocycles. The van der Waals surface area contributed by atoms with Gasteiger partial charge in [0.25, 0.3) is 0 Å². The van der Waals surface area contributed by atoms with Crippen LogP contribution < -0.4 is 0 Å². The Morgan fingerprint density at radius 1 is 1.09 bits per heavy atom. The van der Waals surface area contributed by atoms with Crippen LogP contribution in [0.2, 0.25) is 0 Å². The standard InChI is InChI=1S/C18H22N2.C2H6/c1-14-16-5-2-3-6-17(16)15(11-19-14)12-20-10-9-18(13-20)7-4-8-18;1-2/h2-3,5-6,11H,4,7-10,12-13H2,1H3;1-2H3. The van der Waals surface area contributed by atoms with E-state index in [-0.39, 0.29) is 0 Å². The monoisotopic (exact) mass is 296 g/mol. The first-order valence-corrected chi connectivity index (χ1v) is 8.81. The zero-order chi connectivity index (χ0) is 15.6. The van der Waals surface area contributed by atoms with Crippen LogP contribution in [0.25, 0.3) is 10.8 Å². The average Bonchev–Trinajstić information content (AvgIpc) is 2.97. The molecule has 22 heavy (non-hydrogen) atoms. The fourth-order valence-corrected chi connectivity index (χ4v) is 4.01. The molecule has 2 heteroatoms. The molecule has 118 valence electrons. The third-order valence-electron chi connectivity index (χ3n) is 5.40. The fourth-order valence-electron chi connectivity index (χ4n) is 4.01. The van der Waals surface area contributed by atoms with E-state index in [0.29, 0.717) is 5.41 Å². The summed E-state index contributed by atoms with van der Waals surface area (Å²) in [5.41, 5.74) is 3.22. The van der Waals surface area contributed by atoms with Gasteiger partial charge >= 0.3 is 0 Å². The second kappa shape index (κ2) is 6.37. The summed E-state index contributed by atoms with van der Waals surface area (Å²) < 4.78 is 0. The lowest BCUT2D eigenvalue weighted by Gasteiger charge is -2.38. The zero-order valence-electron chi connectivity index (χ0n) is 14.2. The summed E-state index contributed by atoms with van der Waals surface area (Å²) in [6, 6.07) is 8.69. The third kappa shape index (κ3) is 2.77. The summed E-state index contributed by atoms with van der Waals surface area (Å²) >= 11 is 0. The number of hydrogen-bond donors (Lipinski definition) is 0. The molecule has 2 fully saturated rings. The van der Waals surface area contributed by atoms with Crippen LogP contribution in [-0.2, 0) is 6.54 Å². The fraction of sp³-hybridized carbons (Fsp3) is 0.550. The number of fused-ring (bicyclic) bond motifs is 1. The van der Waals surface area contributed by atoms with Gasteiger partial charge in [0.2, 0.25) is 0 Å². The third-order valence-corrected chi connectivity index (χ3v) is 5.40. The molecule has 4 rings (SSSR count). The Hall–Kier alpha value is -1.41. The highest BCUT2D eigenvalue weighted by molar-refractivity contribution is 5.87. The second-order valence-electron chi connectivity index (χ2n) is 6.73. The van der Waals surface area contributed by atoms with Gasteiger partial charge in [0.1, 0.15) is 0 Å². The minimum absolute atomic E-state index is 0.688. The predicted molar refractivity (Wildman–Crippen MR) is 94.0 cm³/mol. The number of benzene rings is 1. The van der Waals surface area contributed by atoms with E-state index in [1.807, 2.05) is 13.8 Å². The molecule has 0 atom stereocenters. The zero-order valence-corrected chi connectivity index (χ0v) is 14.2. The molecule has 1 aliphatic carbocycles. The molecule has 1 aromatic heterocycles. The molecular weight excluding hydrogens is 268 g/mol. The first-order valence-electron chi connectivity index (χ1n) is 8.81. The number of pyridine rings is 1. The van der Waals surface area contributed by atoms with E-state index in [0.717, 1.165) is 12.2 Å². The topological polar surface area (TPSA) is 16.1 Å². The largest absolute Gasteiger partial charge is 0.298 e. The average molecular weight is 296 g/mol. The lowest BCUT2D eigenvalue weighted by molar-refractivity contribution is 0.137. The molecule has 0 radical (unpaired) electrons. The van der Waals surface area contributed by atoms with Crippen LogP contribution >= 0.6 is 0 Å². The van der Waals surface area contributed by atoms with Crippen molar-refractivity contribution in [1.82, 2.24) is 9.88 Å². The molecule has 0 N–H and O–H groups in total. The Morgan fingerprint density at radius 3 is 2.45 bits per heavy atom. The highest BCUT2D eigenvalue weighted by Crippen LogP contribution is 2.48. The number of likely N-dealkylation sites (tertiary alicyclic amines) is 1. The molecule has 2 heterocycles. The molecule has 0 bridgehead atoms. The minimum atomic E-state index is 0.688. The van der Waals surface area contributed by atoms with Crippen molar-refractivity contribution in [2.45, 2.75) is 53.0 Å². The van der Waals surface area contributed by atoms with Crippen LogP contribution in [0.3, 0.4) is 0 Å². The maximum Gasteiger partial charge on any atom is 0.0451 e. The molecule has 1 saturated carbocycles. The predicted octanol–water partition coefficient (Wildman–Crippen LogP) is 4.95. The van der Waals surface area contributed by atoms with Gasteiger partial charge in [0, 0.05) is 30.4 Å². The van der Waals surface area contributed by atoms with Crippen molar-refractivity contribution in [2.75, 3.05) is 13.1 Å². The van der Waals surface area contributed by atoms with Crippen molar-refractivity contribution in [3.8, 4) is 0 Å². The van der Waals surface area contributed by atoms with Gasteiger partial charge in [-0.15, -0.1) is 0 Å². The summed E-state index contributed by atoms with van der Waals surface area (Å²) in [5, 5.41) is 2.69. The highest BCUT2D eigenvalue weighted by Gasteiger charge is 2.42. The summed E-state index contributed by atoms with van der Waals surface area (Å²) in [4.78, 5) is 7.23. The van der Waals surface area contributed by atoms with E-state index in [4.69, 9.17) is 0 Å². The molecular formula is C20H28N2. The summed E-state index contributed by atoms with van der Waals surface area (Å²) in [6.45, 7) is 9.73. The van der Waals surface area contributed by atoms with Gasteiger partial charge in [-0.05, 0) is 49.1 Å². The lowest BCUT2D eigenvalue weighted by atomic mass is 9.68. The van der Waals surface area contributed by atoms with Crippen molar-refractivity contribution in [3.05, 3.63) is 41.7 Å². The van der Waals surface area contributed by atoms with E-state index in [9.17, 15) is 0 Å². The molecule has 0 unspecified atom stereocenters. The molecule has 1 aromatic carbocycles. The first-order chi connectivity index (χ1) is 10.8. The summed E-state index contributed by atoms with van der Waals surface area (Å²) in [7, 11) is 0. The Kier molecular flexibility index (Phi) is 4.49. The molecule has 2 aliphatic rings. The molecule has 0 amide bonds. The van der Waals surface area contributed by atoms with Crippen LogP contribution in [0.1, 0.15) is 50.8 Å². The highest BCUT2D eigenvalue weighted by atomic mass is 15.2. The van der Waals surface area contributed by atoms with Crippen LogP contribution in [0.4, 0.5) is 0 Å². The lowest BCUT2D eigenvalue weighted by Crippen LogP contribution is -2.32. The van der Waals surface area contributed by atoms with Crippen molar-refractivity contribution < 1.29 is 0 Å². The SMILES string of the molecule is CC.Cc1ncc(CN2CCC3(CCC3)C2)c2ccccc12. The number of nitrogens with zero attached hydrogens (tertiary/aromatic N) is 2. The molecule has 1 spiro atoms. The van der Waals surface area contributed by atoms with Crippen molar-refractivity contribution >= 4 is 10.8 Å². The number of rotatable bonds is 2. The maximum absolute atomic E-state index is 4.59. The number of aryl methyl sites for hydroxylation is 1. The van der Waals surface area contributed by atoms with E-state index < -0.39 is 0 Å². The van der Waals surface area contributed by atoms with Gasteiger partial charge in [-0.2, -0.15) is 0 Å². The van der Waals surface area contributed by atoms with E-state index in [1.165, 1.54) is 55.1 Å². The quantitative estimate of drug-likeness (QED) is 0.780. The van der Waals surface area contributed by atoms with Crippen LogP contribution in [-0.4, -0.2) is 23.0 Å². The summed E-state index contributed by atoms with van der Waals surface area (Å²) in [6.07, 6.45) is 7.85. The van der Waals surface area contributed by atoms with E-state index in [1.54, 1.807) is 0 Å². The number of hydrogen-bond acceptors (Lipinski definition) is 2. The first kappa shape index (κ1) is 15.5. The Labute approximate surface area is 134 Å². The van der Waals surface area contributed by atoms with Crippen molar-refractivity contribution in [3.63, 3.8) is 0 Å².